The minimum atomic E-state index is -0.377. The molecule has 0 fully saturated rings. The number of fused-ring (bicyclic) bond motifs is 1. The maximum Gasteiger partial charge on any atom is 0.244 e. The third-order valence-corrected chi connectivity index (χ3v) is 5.18. The van der Waals surface area contributed by atoms with Crippen LogP contribution in [0, 0.1) is 0 Å². The van der Waals surface area contributed by atoms with E-state index in [0.717, 1.165) is 17.9 Å². The molecule has 6 heteroatoms. The van der Waals surface area contributed by atoms with Crippen LogP contribution >= 0.6 is 0 Å². The van der Waals surface area contributed by atoms with E-state index < -0.39 is 0 Å². The lowest BCUT2D eigenvalue weighted by molar-refractivity contribution is -0.124. The summed E-state index contributed by atoms with van der Waals surface area (Å²) >= 11 is 0. The summed E-state index contributed by atoms with van der Waals surface area (Å²) in [6.07, 6.45) is 0.874. The predicted octanol–water partition coefficient (Wildman–Crippen LogP) is 2.93. The van der Waals surface area contributed by atoms with Crippen LogP contribution in [0.4, 0.5) is 11.4 Å². The highest BCUT2D eigenvalue weighted by Gasteiger charge is 2.31. The maximum atomic E-state index is 13.1. The van der Waals surface area contributed by atoms with Gasteiger partial charge in [-0.2, -0.15) is 0 Å². The quantitative estimate of drug-likeness (QED) is 0.801. The molecule has 148 valence electrons. The molecule has 0 aromatic heterocycles. The average Bonchev–Trinajstić information content (AvgIpc) is 3.15. The molecule has 0 saturated carbocycles. The van der Waals surface area contributed by atoms with Gasteiger partial charge in [-0.25, -0.2) is 0 Å². The van der Waals surface area contributed by atoms with E-state index in [-0.39, 0.29) is 24.4 Å². The molecule has 1 heterocycles. The molecule has 28 heavy (non-hydrogen) atoms. The zero-order valence-electron chi connectivity index (χ0n) is 16.6. The minimum Gasteiger partial charge on any atom is -0.497 e. The van der Waals surface area contributed by atoms with Crippen LogP contribution in [0.3, 0.4) is 0 Å². The molecule has 3 rings (SSSR count). The van der Waals surface area contributed by atoms with Gasteiger partial charge >= 0.3 is 0 Å². The Morgan fingerprint density at radius 1 is 1.18 bits per heavy atom. The Morgan fingerprint density at radius 3 is 2.57 bits per heavy atom. The first-order chi connectivity index (χ1) is 13.5. The van der Waals surface area contributed by atoms with E-state index in [1.165, 1.54) is 5.56 Å². The fourth-order valence-corrected chi connectivity index (χ4v) is 3.53. The summed E-state index contributed by atoms with van der Waals surface area (Å²) in [5, 5.41) is 2.88. The number of nitrogens with one attached hydrogen (secondary N) is 1. The zero-order chi connectivity index (χ0) is 20.1. The molecule has 1 atom stereocenters. The van der Waals surface area contributed by atoms with Crippen LogP contribution in [-0.4, -0.2) is 49.5 Å². The van der Waals surface area contributed by atoms with Crippen molar-refractivity contribution >= 4 is 23.2 Å². The molecule has 0 radical (unpaired) electrons. The third-order valence-electron chi connectivity index (χ3n) is 5.18. The van der Waals surface area contributed by atoms with Crippen LogP contribution in [0.25, 0.3) is 0 Å². The first-order valence-corrected chi connectivity index (χ1v) is 9.60. The van der Waals surface area contributed by atoms with Crippen molar-refractivity contribution in [3.63, 3.8) is 0 Å². The SMILES string of the molecule is CCN(CC(=O)Nc1ccc(OC)cc1)C(C)C(=O)N1CCc2ccccc21. The Balaban J connectivity index is 1.62. The summed E-state index contributed by atoms with van der Waals surface area (Å²) in [5.74, 6) is 0.621. The Bertz CT molecular complexity index is 835. The molecule has 2 aromatic carbocycles. The summed E-state index contributed by atoms with van der Waals surface area (Å²) in [6.45, 7) is 5.29. The van der Waals surface area contributed by atoms with Gasteiger partial charge in [0.1, 0.15) is 5.75 Å². The number of nitrogens with zero attached hydrogens (tertiary/aromatic N) is 2. The van der Waals surface area contributed by atoms with Crippen LogP contribution in [0.2, 0.25) is 0 Å². The highest BCUT2D eigenvalue weighted by Crippen LogP contribution is 2.28. The minimum absolute atomic E-state index is 0.0315. The number of amides is 2. The van der Waals surface area contributed by atoms with Crippen molar-refractivity contribution in [3.05, 3.63) is 54.1 Å². The number of carbonyl (C=O) groups is 2. The van der Waals surface area contributed by atoms with Gasteiger partial charge in [0.25, 0.3) is 0 Å². The summed E-state index contributed by atoms with van der Waals surface area (Å²) in [7, 11) is 1.60. The molecular weight excluding hydrogens is 354 g/mol. The number of hydrogen-bond donors (Lipinski definition) is 1. The smallest absolute Gasteiger partial charge is 0.244 e. The lowest BCUT2D eigenvalue weighted by Gasteiger charge is -2.30. The van der Waals surface area contributed by atoms with Gasteiger partial charge in [0.15, 0.2) is 0 Å². The van der Waals surface area contributed by atoms with Crippen molar-refractivity contribution in [1.29, 1.82) is 0 Å². The van der Waals surface area contributed by atoms with Crippen LogP contribution in [0.15, 0.2) is 48.5 Å². The summed E-state index contributed by atoms with van der Waals surface area (Å²) in [4.78, 5) is 29.3. The molecule has 0 saturated heterocycles. The number of para-hydroxylation sites is 1. The molecule has 1 aliphatic heterocycles. The van der Waals surface area contributed by atoms with E-state index in [1.807, 2.05) is 41.8 Å². The fourth-order valence-electron chi connectivity index (χ4n) is 3.53. The van der Waals surface area contributed by atoms with Crippen LogP contribution in [0.5, 0.6) is 5.75 Å². The molecule has 2 aromatic rings. The van der Waals surface area contributed by atoms with Gasteiger partial charge in [0.2, 0.25) is 11.8 Å². The van der Waals surface area contributed by atoms with Gasteiger partial charge in [-0.05, 0) is 55.8 Å². The maximum absolute atomic E-state index is 13.1. The number of anilines is 2. The molecule has 0 bridgehead atoms. The molecule has 2 amide bonds. The number of likely N-dealkylation sites (N-methyl/N-ethyl adjacent to an activating group) is 1. The first kappa shape index (κ1) is 19.9. The molecule has 6 nitrogen and oxygen atoms in total. The van der Waals surface area contributed by atoms with E-state index in [0.29, 0.717) is 18.8 Å². The van der Waals surface area contributed by atoms with Crippen LogP contribution in [-0.2, 0) is 16.0 Å². The molecule has 1 aliphatic rings. The van der Waals surface area contributed by atoms with Crippen molar-refractivity contribution in [1.82, 2.24) is 4.90 Å². The third kappa shape index (κ3) is 4.34. The van der Waals surface area contributed by atoms with E-state index in [2.05, 4.69) is 11.4 Å². The van der Waals surface area contributed by atoms with Crippen molar-refractivity contribution in [2.45, 2.75) is 26.3 Å². The Morgan fingerprint density at radius 2 is 1.89 bits per heavy atom. The number of benzene rings is 2. The number of methoxy groups -OCH3 is 1. The average molecular weight is 381 g/mol. The standard InChI is InChI=1S/C22H27N3O3/c1-4-24(15-21(26)23-18-9-11-19(28-3)12-10-18)16(2)22(27)25-14-13-17-7-5-6-8-20(17)25/h5-12,16H,4,13-15H2,1-3H3,(H,23,26). The van der Waals surface area contributed by atoms with Crippen molar-refractivity contribution < 1.29 is 14.3 Å². The monoisotopic (exact) mass is 381 g/mol. The summed E-state index contributed by atoms with van der Waals surface area (Å²) in [5.41, 5.74) is 2.88. The Kier molecular flexibility index (Phi) is 6.31. The second-order valence-electron chi connectivity index (χ2n) is 6.88. The highest BCUT2D eigenvalue weighted by atomic mass is 16.5. The summed E-state index contributed by atoms with van der Waals surface area (Å²) < 4.78 is 5.12. The number of hydrogen-bond acceptors (Lipinski definition) is 4. The van der Waals surface area contributed by atoms with Gasteiger partial charge < -0.3 is 15.0 Å². The molecule has 0 aliphatic carbocycles. The number of rotatable bonds is 7. The van der Waals surface area contributed by atoms with E-state index in [9.17, 15) is 9.59 Å². The van der Waals surface area contributed by atoms with Gasteiger partial charge in [-0.15, -0.1) is 0 Å². The second kappa shape index (κ2) is 8.89. The lowest BCUT2D eigenvalue weighted by atomic mass is 10.1. The zero-order valence-corrected chi connectivity index (χ0v) is 16.6. The number of carbonyl (C=O) groups excluding carboxylic acids is 2. The van der Waals surface area contributed by atoms with Gasteiger partial charge in [0, 0.05) is 17.9 Å². The predicted molar refractivity (Wildman–Crippen MR) is 111 cm³/mol. The van der Waals surface area contributed by atoms with Gasteiger partial charge in [-0.1, -0.05) is 25.1 Å². The Labute approximate surface area is 166 Å². The van der Waals surface area contributed by atoms with E-state index in [1.54, 1.807) is 31.4 Å². The van der Waals surface area contributed by atoms with Gasteiger partial charge in [-0.3, -0.25) is 14.5 Å². The van der Waals surface area contributed by atoms with Crippen molar-refractivity contribution in [2.75, 3.05) is 37.0 Å². The highest BCUT2D eigenvalue weighted by molar-refractivity contribution is 5.99. The summed E-state index contributed by atoms with van der Waals surface area (Å²) in [6, 6.07) is 14.8. The number of ether oxygens (including phenoxy) is 1. The van der Waals surface area contributed by atoms with Crippen LogP contribution in [0.1, 0.15) is 19.4 Å². The molecule has 0 spiro atoms. The van der Waals surface area contributed by atoms with Crippen molar-refractivity contribution in [3.8, 4) is 5.75 Å². The normalized spacial score (nSPS) is 13.9. The van der Waals surface area contributed by atoms with Crippen LogP contribution < -0.4 is 15.0 Å². The Hall–Kier alpha value is -2.86. The van der Waals surface area contributed by atoms with E-state index in [4.69, 9.17) is 4.74 Å². The molecule has 1 unspecified atom stereocenters. The largest absolute Gasteiger partial charge is 0.497 e. The van der Waals surface area contributed by atoms with Gasteiger partial charge in [0.05, 0.1) is 19.7 Å². The first-order valence-electron chi connectivity index (χ1n) is 9.60. The second-order valence-corrected chi connectivity index (χ2v) is 6.88. The van der Waals surface area contributed by atoms with E-state index >= 15 is 0 Å². The van der Waals surface area contributed by atoms with Crippen molar-refractivity contribution in [2.24, 2.45) is 0 Å². The topological polar surface area (TPSA) is 61.9 Å². The molecular formula is C22H27N3O3. The molecule has 1 N–H and O–H groups in total. The lowest BCUT2D eigenvalue weighted by Crippen LogP contribution is -2.49. The fraction of sp³-hybridized carbons (Fsp3) is 0.364.